The number of benzene rings is 1. The maximum absolute atomic E-state index is 12.4. The first-order valence-electron chi connectivity index (χ1n) is 8.62. The first kappa shape index (κ1) is 16.2. The van der Waals surface area contributed by atoms with Crippen LogP contribution in [0, 0.1) is 17.8 Å². The second kappa shape index (κ2) is 6.81. The van der Waals surface area contributed by atoms with E-state index < -0.39 is 0 Å². The van der Waals surface area contributed by atoms with Crippen molar-refractivity contribution in [2.24, 2.45) is 17.8 Å². The summed E-state index contributed by atoms with van der Waals surface area (Å²) in [5.74, 6) is 3.93. The molecule has 4 nitrogen and oxygen atoms in total. The lowest BCUT2D eigenvalue weighted by atomic mass is 9.86. The summed E-state index contributed by atoms with van der Waals surface area (Å²) < 4.78 is 10.7. The molecule has 1 amide bonds. The molecule has 0 spiro atoms. The van der Waals surface area contributed by atoms with Crippen molar-refractivity contribution in [3.05, 3.63) is 23.8 Å². The number of methoxy groups -OCH3 is 2. The summed E-state index contributed by atoms with van der Waals surface area (Å²) >= 11 is 0. The molecule has 2 aliphatic carbocycles. The number of nitrogens with one attached hydrogen (secondary N) is 1. The predicted molar refractivity (Wildman–Crippen MR) is 89.7 cm³/mol. The summed E-state index contributed by atoms with van der Waals surface area (Å²) in [6.07, 6.45) is 5.97. The van der Waals surface area contributed by atoms with Gasteiger partial charge in [-0.05, 0) is 56.1 Å². The predicted octanol–water partition coefficient (Wildman–Crippen LogP) is 3.71. The fourth-order valence-corrected chi connectivity index (χ4v) is 4.42. The molecule has 0 radical (unpaired) electrons. The average molecular weight is 317 g/mol. The van der Waals surface area contributed by atoms with Gasteiger partial charge in [0.15, 0.2) is 0 Å². The Labute approximate surface area is 138 Å². The highest BCUT2D eigenvalue weighted by atomic mass is 16.5. The molecule has 2 aliphatic rings. The molecule has 2 saturated carbocycles. The van der Waals surface area contributed by atoms with Crippen LogP contribution in [0.2, 0.25) is 0 Å². The van der Waals surface area contributed by atoms with Crippen LogP contribution in [-0.4, -0.2) is 20.1 Å². The van der Waals surface area contributed by atoms with E-state index in [0.717, 1.165) is 28.9 Å². The Balaban J connectivity index is 1.60. The van der Waals surface area contributed by atoms with Crippen LogP contribution in [0.15, 0.2) is 18.2 Å². The first-order valence-corrected chi connectivity index (χ1v) is 8.62. The standard InChI is InChI=1S/C19H27NO3/c1-12(17-7-6-16(22-2)11-18(17)23-3)20-19(21)10-15-9-13-4-5-14(15)8-13/h6-7,11-15H,4-5,8-10H2,1-3H3,(H,20,21). The number of carbonyl (C=O) groups excluding carboxylic acids is 1. The van der Waals surface area contributed by atoms with Gasteiger partial charge in [0.1, 0.15) is 11.5 Å². The largest absolute Gasteiger partial charge is 0.497 e. The molecular weight excluding hydrogens is 290 g/mol. The summed E-state index contributed by atoms with van der Waals surface area (Å²) in [5, 5.41) is 3.13. The summed E-state index contributed by atoms with van der Waals surface area (Å²) in [6.45, 7) is 2.00. The van der Waals surface area contributed by atoms with Crippen LogP contribution < -0.4 is 14.8 Å². The molecule has 23 heavy (non-hydrogen) atoms. The SMILES string of the molecule is COc1ccc(C(C)NC(=O)CC2CC3CCC2C3)c(OC)c1. The van der Waals surface area contributed by atoms with Crippen LogP contribution in [-0.2, 0) is 4.79 Å². The number of fused-ring (bicyclic) bond motifs is 2. The molecule has 2 fully saturated rings. The molecule has 0 aliphatic heterocycles. The molecule has 126 valence electrons. The fourth-order valence-electron chi connectivity index (χ4n) is 4.42. The van der Waals surface area contributed by atoms with E-state index in [-0.39, 0.29) is 11.9 Å². The molecule has 0 heterocycles. The van der Waals surface area contributed by atoms with E-state index in [1.165, 1.54) is 25.7 Å². The third-order valence-corrected chi connectivity index (χ3v) is 5.62. The minimum absolute atomic E-state index is 0.0676. The second-order valence-electron chi connectivity index (χ2n) is 7.04. The van der Waals surface area contributed by atoms with Crippen LogP contribution >= 0.6 is 0 Å². The maximum atomic E-state index is 12.4. The molecule has 1 N–H and O–H groups in total. The van der Waals surface area contributed by atoms with Crippen molar-refractivity contribution in [1.82, 2.24) is 5.32 Å². The highest BCUT2D eigenvalue weighted by Gasteiger charge is 2.40. The van der Waals surface area contributed by atoms with Gasteiger partial charge >= 0.3 is 0 Å². The Morgan fingerprint density at radius 1 is 1.26 bits per heavy atom. The molecule has 2 bridgehead atoms. The van der Waals surface area contributed by atoms with E-state index in [1.807, 2.05) is 25.1 Å². The number of rotatable bonds is 6. The van der Waals surface area contributed by atoms with Crippen LogP contribution in [0.5, 0.6) is 11.5 Å². The van der Waals surface area contributed by atoms with Gasteiger partial charge in [0, 0.05) is 18.1 Å². The van der Waals surface area contributed by atoms with E-state index in [4.69, 9.17) is 9.47 Å². The molecule has 0 saturated heterocycles. The monoisotopic (exact) mass is 317 g/mol. The normalized spacial score (nSPS) is 26.8. The molecule has 1 aromatic carbocycles. The van der Waals surface area contributed by atoms with Crippen molar-refractivity contribution in [1.29, 1.82) is 0 Å². The Kier molecular flexibility index (Phi) is 4.79. The van der Waals surface area contributed by atoms with E-state index in [2.05, 4.69) is 5.32 Å². The topological polar surface area (TPSA) is 47.6 Å². The number of ether oxygens (including phenoxy) is 2. The van der Waals surface area contributed by atoms with Gasteiger partial charge in [-0.15, -0.1) is 0 Å². The molecule has 3 rings (SSSR count). The summed E-state index contributed by atoms with van der Waals surface area (Å²) in [4.78, 5) is 12.4. The molecule has 1 aromatic rings. The van der Waals surface area contributed by atoms with Crippen molar-refractivity contribution in [2.45, 2.75) is 45.1 Å². The Morgan fingerprint density at radius 2 is 2.09 bits per heavy atom. The van der Waals surface area contributed by atoms with Crippen LogP contribution in [0.4, 0.5) is 0 Å². The van der Waals surface area contributed by atoms with Crippen molar-refractivity contribution >= 4 is 5.91 Å². The molecule has 0 aromatic heterocycles. The highest BCUT2D eigenvalue weighted by Crippen LogP contribution is 2.49. The molecule has 4 unspecified atom stereocenters. The maximum Gasteiger partial charge on any atom is 0.220 e. The first-order chi connectivity index (χ1) is 11.1. The van der Waals surface area contributed by atoms with Crippen LogP contribution in [0.1, 0.15) is 50.6 Å². The van der Waals surface area contributed by atoms with Gasteiger partial charge < -0.3 is 14.8 Å². The van der Waals surface area contributed by atoms with Crippen molar-refractivity contribution in [3.8, 4) is 11.5 Å². The second-order valence-corrected chi connectivity index (χ2v) is 7.04. The van der Waals surface area contributed by atoms with E-state index in [9.17, 15) is 4.79 Å². The van der Waals surface area contributed by atoms with E-state index in [0.29, 0.717) is 12.3 Å². The highest BCUT2D eigenvalue weighted by molar-refractivity contribution is 5.77. The Bertz CT molecular complexity index is 572. The van der Waals surface area contributed by atoms with Gasteiger partial charge in [0.25, 0.3) is 0 Å². The zero-order valence-electron chi connectivity index (χ0n) is 14.3. The molecular formula is C19H27NO3. The van der Waals surface area contributed by atoms with Gasteiger partial charge in [0.2, 0.25) is 5.91 Å². The zero-order chi connectivity index (χ0) is 16.4. The lowest BCUT2D eigenvalue weighted by molar-refractivity contribution is -0.123. The smallest absolute Gasteiger partial charge is 0.220 e. The number of amides is 1. The lowest BCUT2D eigenvalue weighted by Gasteiger charge is -2.23. The molecule has 4 atom stereocenters. The van der Waals surface area contributed by atoms with Crippen molar-refractivity contribution < 1.29 is 14.3 Å². The third-order valence-electron chi connectivity index (χ3n) is 5.62. The van der Waals surface area contributed by atoms with Gasteiger partial charge in [-0.1, -0.05) is 6.42 Å². The summed E-state index contributed by atoms with van der Waals surface area (Å²) in [6, 6.07) is 5.65. The average Bonchev–Trinajstić information content (AvgIpc) is 3.16. The minimum atomic E-state index is -0.0676. The van der Waals surface area contributed by atoms with Crippen LogP contribution in [0.3, 0.4) is 0 Å². The molecule has 4 heteroatoms. The fraction of sp³-hybridized carbons (Fsp3) is 0.632. The van der Waals surface area contributed by atoms with Gasteiger partial charge in [-0.3, -0.25) is 4.79 Å². The van der Waals surface area contributed by atoms with Gasteiger partial charge in [-0.25, -0.2) is 0 Å². The number of hydrogen-bond donors (Lipinski definition) is 1. The third kappa shape index (κ3) is 3.46. The Morgan fingerprint density at radius 3 is 2.70 bits per heavy atom. The number of carbonyl (C=O) groups is 1. The van der Waals surface area contributed by atoms with Crippen molar-refractivity contribution in [3.63, 3.8) is 0 Å². The lowest BCUT2D eigenvalue weighted by Crippen LogP contribution is -2.29. The zero-order valence-corrected chi connectivity index (χ0v) is 14.3. The van der Waals surface area contributed by atoms with Gasteiger partial charge in [-0.2, -0.15) is 0 Å². The van der Waals surface area contributed by atoms with E-state index in [1.54, 1.807) is 14.2 Å². The minimum Gasteiger partial charge on any atom is -0.497 e. The van der Waals surface area contributed by atoms with E-state index >= 15 is 0 Å². The van der Waals surface area contributed by atoms with Crippen LogP contribution in [0.25, 0.3) is 0 Å². The Hall–Kier alpha value is -1.71. The number of hydrogen-bond acceptors (Lipinski definition) is 3. The quantitative estimate of drug-likeness (QED) is 0.870. The van der Waals surface area contributed by atoms with Crippen molar-refractivity contribution in [2.75, 3.05) is 14.2 Å². The van der Waals surface area contributed by atoms with Gasteiger partial charge in [0.05, 0.1) is 20.3 Å². The summed E-state index contributed by atoms with van der Waals surface area (Å²) in [7, 11) is 3.27. The summed E-state index contributed by atoms with van der Waals surface area (Å²) in [5.41, 5.74) is 0.981.